The number of pyridine rings is 1. The maximum atomic E-state index is 10.8. The zero-order valence-electron chi connectivity index (χ0n) is 7.03. The lowest BCUT2D eigenvalue weighted by molar-refractivity contribution is 0.0991. The van der Waals surface area contributed by atoms with Crippen molar-refractivity contribution >= 4 is 17.1 Å². The minimum Gasteiger partial charge on any atom is -0.363 e. The lowest BCUT2D eigenvalue weighted by Crippen LogP contribution is -2.12. The summed E-state index contributed by atoms with van der Waals surface area (Å²) in [6, 6.07) is 1.84. The summed E-state index contributed by atoms with van der Waals surface area (Å²) in [5.41, 5.74) is 7.34. The number of aromatic amines is 1. The average Bonchev–Trinajstić information content (AvgIpc) is 2.49. The molecule has 2 aromatic rings. The first-order chi connectivity index (χ1) is 6.18. The summed E-state index contributed by atoms with van der Waals surface area (Å²) in [7, 11) is 0. The summed E-state index contributed by atoms with van der Waals surface area (Å²) in [6.45, 7) is 1.91. The van der Waals surface area contributed by atoms with Crippen molar-refractivity contribution in [2.24, 2.45) is 5.73 Å². The fourth-order valence-electron chi connectivity index (χ4n) is 1.15. The van der Waals surface area contributed by atoms with E-state index < -0.39 is 5.91 Å². The van der Waals surface area contributed by atoms with E-state index in [0.717, 1.165) is 11.1 Å². The first-order valence-corrected chi connectivity index (χ1v) is 3.79. The third-order valence-corrected chi connectivity index (χ3v) is 1.83. The normalized spacial score (nSPS) is 10.5. The second-order valence-corrected chi connectivity index (χ2v) is 2.78. The average molecular weight is 176 g/mol. The molecule has 0 saturated heterocycles. The van der Waals surface area contributed by atoms with Gasteiger partial charge in [0.15, 0.2) is 11.5 Å². The van der Waals surface area contributed by atoms with Gasteiger partial charge in [0.2, 0.25) is 0 Å². The van der Waals surface area contributed by atoms with Gasteiger partial charge in [-0.1, -0.05) is 0 Å². The second kappa shape index (κ2) is 2.55. The first kappa shape index (κ1) is 7.72. The Kier molecular flexibility index (Phi) is 1.51. The number of primary amides is 1. The number of aryl methyl sites for hydroxylation is 1. The number of carbonyl (C=O) groups is 1. The molecule has 0 saturated carbocycles. The highest BCUT2D eigenvalue weighted by atomic mass is 16.1. The molecule has 0 spiro atoms. The number of hydrogen-bond acceptors (Lipinski definition) is 3. The summed E-state index contributed by atoms with van der Waals surface area (Å²) >= 11 is 0. The highest BCUT2D eigenvalue weighted by Gasteiger charge is 2.08. The molecule has 0 aliphatic carbocycles. The maximum Gasteiger partial charge on any atom is 0.284 e. The smallest absolute Gasteiger partial charge is 0.284 e. The van der Waals surface area contributed by atoms with Crippen molar-refractivity contribution in [3.8, 4) is 0 Å². The summed E-state index contributed by atoms with van der Waals surface area (Å²) in [6.07, 6.45) is 1.64. The molecule has 1 amide bonds. The lowest BCUT2D eigenvalue weighted by atomic mass is 10.3. The molecule has 5 heteroatoms. The van der Waals surface area contributed by atoms with Gasteiger partial charge in [0.1, 0.15) is 0 Å². The summed E-state index contributed by atoms with van der Waals surface area (Å²) in [5.74, 6) is -0.422. The summed E-state index contributed by atoms with van der Waals surface area (Å²) < 4.78 is 0. The first-order valence-electron chi connectivity index (χ1n) is 3.79. The van der Waals surface area contributed by atoms with Crippen LogP contribution in [0.1, 0.15) is 16.2 Å². The highest BCUT2D eigenvalue weighted by molar-refractivity contribution is 5.92. The van der Waals surface area contributed by atoms with E-state index in [4.69, 9.17) is 5.73 Å². The molecule has 66 valence electrons. The van der Waals surface area contributed by atoms with E-state index in [9.17, 15) is 4.79 Å². The number of carbonyl (C=O) groups excluding carboxylic acids is 1. The monoisotopic (exact) mass is 176 g/mol. The number of amides is 1. The molecule has 0 aromatic carbocycles. The van der Waals surface area contributed by atoms with Crippen LogP contribution >= 0.6 is 0 Å². The minimum atomic E-state index is -0.572. The number of fused-ring (bicyclic) bond motifs is 1. The van der Waals surface area contributed by atoms with E-state index >= 15 is 0 Å². The largest absolute Gasteiger partial charge is 0.363 e. The molecule has 0 radical (unpaired) electrons. The summed E-state index contributed by atoms with van der Waals surface area (Å²) in [4.78, 5) is 21.5. The van der Waals surface area contributed by atoms with Gasteiger partial charge in [-0.15, -0.1) is 0 Å². The molecule has 0 aliphatic rings. The Morgan fingerprint density at radius 2 is 2.38 bits per heavy atom. The van der Waals surface area contributed by atoms with Crippen LogP contribution < -0.4 is 5.73 Å². The molecule has 2 heterocycles. The van der Waals surface area contributed by atoms with Crippen molar-refractivity contribution in [2.45, 2.75) is 6.92 Å². The molecule has 13 heavy (non-hydrogen) atoms. The van der Waals surface area contributed by atoms with E-state index in [1.165, 1.54) is 0 Å². The van der Waals surface area contributed by atoms with Crippen molar-refractivity contribution in [1.82, 2.24) is 15.0 Å². The number of nitrogens with two attached hydrogens (primary N) is 1. The third-order valence-electron chi connectivity index (χ3n) is 1.83. The number of nitrogens with one attached hydrogen (secondary N) is 1. The van der Waals surface area contributed by atoms with E-state index in [1.807, 2.05) is 13.0 Å². The fourth-order valence-corrected chi connectivity index (χ4v) is 1.15. The number of hydrogen-bond donors (Lipinski definition) is 2. The van der Waals surface area contributed by atoms with E-state index in [1.54, 1.807) is 6.20 Å². The van der Waals surface area contributed by atoms with Crippen LogP contribution in [0.2, 0.25) is 0 Å². The topological polar surface area (TPSA) is 84.7 Å². The molecular weight excluding hydrogens is 168 g/mol. The van der Waals surface area contributed by atoms with Crippen molar-refractivity contribution in [1.29, 1.82) is 0 Å². The number of aromatic nitrogens is 3. The van der Waals surface area contributed by atoms with Crippen LogP contribution in [-0.4, -0.2) is 20.9 Å². The zero-order valence-corrected chi connectivity index (χ0v) is 7.03. The van der Waals surface area contributed by atoms with Crippen molar-refractivity contribution in [3.63, 3.8) is 0 Å². The standard InChI is InChI=1S/C8H8N4O/c1-4-2-3-10-7-5(4)11-8(12-7)6(9)13/h2-3H,1H3,(H2,9,13)(H,10,11,12). The Labute approximate surface area is 74.0 Å². The van der Waals surface area contributed by atoms with Crippen LogP contribution in [0.4, 0.5) is 0 Å². The number of rotatable bonds is 1. The minimum absolute atomic E-state index is 0.150. The van der Waals surface area contributed by atoms with Gasteiger partial charge >= 0.3 is 0 Å². The highest BCUT2D eigenvalue weighted by Crippen LogP contribution is 2.12. The predicted octanol–water partition coefficient (Wildman–Crippen LogP) is 0.365. The van der Waals surface area contributed by atoms with Gasteiger partial charge in [0.25, 0.3) is 5.91 Å². The molecule has 3 N–H and O–H groups in total. The van der Waals surface area contributed by atoms with Crippen molar-refractivity contribution < 1.29 is 4.79 Å². The molecule has 0 bridgehead atoms. The zero-order chi connectivity index (χ0) is 9.42. The molecule has 0 fully saturated rings. The third kappa shape index (κ3) is 1.14. The van der Waals surface area contributed by atoms with E-state index in [0.29, 0.717) is 5.65 Å². The second-order valence-electron chi connectivity index (χ2n) is 2.78. The van der Waals surface area contributed by atoms with Gasteiger partial charge in [-0.3, -0.25) is 4.79 Å². The maximum absolute atomic E-state index is 10.8. The lowest BCUT2D eigenvalue weighted by Gasteiger charge is -1.90. The molecule has 5 nitrogen and oxygen atoms in total. The molecular formula is C8H8N4O. The molecule has 0 atom stereocenters. The van der Waals surface area contributed by atoms with E-state index in [-0.39, 0.29) is 5.82 Å². The van der Waals surface area contributed by atoms with Crippen LogP contribution in [0.25, 0.3) is 11.2 Å². The van der Waals surface area contributed by atoms with Crippen LogP contribution in [-0.2, 0) is 0 Å². The van der Waals surface area contributed by atoms with Gasteiger partial charge < -0.3 is 10.7 Å². The Hall–Kier alpha value is -1.91. The van der Waals surface area contributed by atoms with Gasteiger partial charge in [0.05, 0.1) is 5.52 Å². The quantitative estimate of drug-likeness (QED) is 0.658. The van der Waals surface area contributed by atoms with E-state index in [2.05, 4.69) is 15.0 Å². The Morgan fingerprint density at radius 3 is 3.00 bits per heavy atom. The van der Waals surface area contributed by atoms with Gasteiger partial charge in [-0.25, -0.2) is 9.97 Å². The Morgan fingerprint density at radius 1 is 1.62 bits per heavy atom. The van der Waals surface area contributed by atoms with Crippen LogP contribution in [0, 0.1) is 6.92 Å². The Bertz CT molecular complexity index is 474. The summed E-state index contributed by atoms with van der Waals surface area (Å²) in [5, 5.41) is 0. The van der Waals surface area contributed by atoms with Crippen LogP contribution in [0.3, 0.4) is 0 Å². The molecule has 0 unspecified atom stereocenters. The van der Waals surface area contributed by atoms with Gasteiger partial charge in [-0.05, 0) is 18.6 Å². The van der Waals surface area contributed by atoms with Crippen molar-refractivity contribution in [3.05, 3.63) is 23.7 Å². The van der Waals surface area contributed by atoms with Gasteiger partial charge in [0, 0.05) is 6.20 Å². The number of H-pyrrole nitrogens is 1. The number of nitrogens with zero attached hydrogens (tertiary/aromatic N) is 2. The molecule has 2 aromatic heterocycles. The molecule has 0 aliphatic heterocycles. The SMILES string of the molecule is Cc1ccnc2nc(C(N)=O)[nH]c12. The Balaban J connectivity index is 2.75. The number of imidazole rings is 1. The predicted molar refractivity (Wildman–Crippen MR) is 47.1 cm³/mol. The van der Waals surface area contributed by atoms with Gasteiger partial charge in [-0.2, -0.15) is 0 Å². The fraction of sp³-hybridized carbons (Fsp3) is 0.125. The van der Waals surface area contributed by atoms with Crippen LogP contribution in [0.5, 0.6) is 0 Å². The van der Waals surface area contributed by atoms with Crippen molar-refractivity contribution in [2.75, 3.05) is 0 Å². The molecule has 2 rings (SSSR count). The van der Waals surface area contributed by atoms with Crippen LogP contribution in [0.15, 0.2) is 12.3 Å².